The second-order valence-corrected chi connectivity index (χ2v) is 6.30. The Bertz CT molecular complexity index is 764. The summed E-state index contributed by atoms with van der Waals surface area (Å²) in [5, 5.41) is 0.669. The van der Waals surface area contributed by atoms with Crippen LogP contribution in [-0.2, 0) is 4.79 Å². The molecule has 4 nitrogen and oxygen atoms in total. The highest BCUT2D eigenvalue weighted by Crippen LogP contribution is 2.12. The number of halogens is 1. The Morgan fingerprint density at radius 1 is 0.840 bits per heavy atom. The van der Waals surface area contributed by atoms with E-state index < -0.39 is 0 Å². The van der Waals surface area contributed by atoms with Crippen LogP contribution in [0, 0.1) is 0 Å². The summed E-state index contributed by atoms with van der Waals surface area (Å²) in [6.07, 6.45) is 3.35. The zero-order chi connectivity index (χ0) is 17.6. The van der Waals surface area contributed by atoms with Crippen molar-refractivity contribution in [1.82, 2.24) is 9.80 Å². The van der Waals surface area contributed by atoms with E-state index in [9.17, 15) is 9.59 Å². The van der Waals surface area contributed by atoms with Gasteiger partial charge in [0.25, 0.3) is 5.91 Å². The Hall–Kier alpha value is -2.59. The van der Waals surface area contributed by atoms with Crippen molar-refractivity contribution in [2.45, 2.75) is 0 Å². The van der Waals surface area contributed by atoms with Gasteiger partial charge >= 0.3 is 0 Å². The molecule has 2 amide bonds. The van der Waals surface area contributed by atoms with Crippen LogP contribution in [-0.4, -0.2) is 47.8 Å². The van der Waals surface area contributed by atoms with E-state index in [2.05, 4.69) is 0 Å². The second kappa shape index (κ2) is 7.99. The van der Waals surface area contributed by atoms with Crippen LogP contribution in [0.3, 0.4) is 0 Å². The van der Waals surface area contributed by atoms with Crippen molar-refractivity contribution in [1.29, 1.82) is 0 Å². The Balaban J connectivity index is 1.54. The first-order valence-electron chi connectivity index (χ1n) is 8.20. The van der Waals surface area contributed by atoms with Crippen molar-refractivity contribution in [2.24, 2.45) is 0 Å². The van der Waals surface area contributed by atoms with E-state index in [-0.39, 0.29) is 11.8 Å². The number of hydrogen-bond donors (Lipinski definition) is 0. The van der Waals surface area contributed by atoms with Gasteiger partial charge in [-0.15, -0.1) is 0 Å². The van der Waals surface area contributed by atoms with Gasteiger partial charge in [-0.1, -0.05) is 41.9 Å². The zero-order valence-corrected chi connectivity index (χ0v) is 14.5. The molecule has 0 N–H and O–H groups in total. The largest absolute Gasteiger partial charge is 0.336 e. The van der Waals surface area contributed by atoms with Gasteiger partial charge in [0.2, 0.25) is 5.91 Å². The molecule has 1 heterocycles. The summed E-state index contributed by atoms with van der Waals surface area (Å²) in [6.45, 7) is 2.19. The maximum atomic E-state index is 12.4. The van der Waals surface area contributed by atoms with Crippen LogP contribution in [0.25, 0.3) is 6.08 Å². The predicted octanol–water partition coefficient (Wildman–Crippen LogP) is 3.34. The minimum absolute atomic E-state index is 0.0180. The number of hydrogen-bond acceptors (Lipinski definition) is 2. The summed E-state index contributed by atoms with van der Waals surface area (Å²) in [7, 11) is 0. The van der Waals surface area contributed by atoms with Crippen LogP contribution in [0.2, 0.25) is 5.02 Å². The molecule has 3 rings (SSSR count). The van der Waals surface area contributed by atoms with Crippen LogP contribution in [0.1, 0.15) is 15.9 Å². The second-order valence-electron chi connectivity index (χ2n) is 5.87. The fourth-order valence-corrected chi connectivity index (χ4v) is 2.87. The molecular formula is C20H19ClN2O2. The molecule has 0 aliphatic carbocycles. The highest BCUT2D eigenvalue weighted by molar-refractivity contribution is 6.30. The molecule has 2 aromatic rings. The molecule has 25 heavy (non-hydrogen) atoms. The molecule has 1 fully saturated rings. The highest BCUT2D eigenvalue weighted by atomic mass is 35.5. The van der Waals surface area contributed by atoms with Gasteiger partial charge in [-0.2, -0.15) is 0 Å². The van der Waals surface area contributed by atoms with E-state index in [1.807, 2.05) is 42.5 Å². The van der Waals surface area contributed by atoms with E-state index in [0.717, 1.165) is 5.56 Å². The third-order valence-corrected chi connectivity index (χ3v) is 4.44. The Morgan fingerprint density at radius 3 is 2.08 bits per heavy atom. The van der Waals surface area contributed by atoms with Crippen LogP contribution in [0.5, 0.6) is 0 Å². The van der Waals surface area contributed by atoms with Crippen molar-refractivity contribution < 1.29 is 9.59 Å². The quantitative estimate of drug-likeness (QED) is 0.793. The SMILES string of the molecule is O=C(C=Cc1ccc(Cl)cc1)N1CCN(C(=O)c2ccccc2)CC1. The molecule has 0 aromatic heterocycles. The van der Waals surface area contributed by atoms with Gasteiger partial charge in [0, 0.05) is 42.8 Å². The number of nitrogens with zero attached hydrogens (tertiary/aromatic N) is 2. The lowest BCUT2D eigenvalue weighted by atomic mass is 10.1. The maximum Gasteiger partial charge on any atom is 0.253 e. The molecule has 0 bridgehead atoms. The molecule has 0 atom stereocenters. The maximum absolute atomic E-state index is 12.4. The van der Waals surface area contributed by atoms with Crippen LogP contribution in [0.15, 0.2) is 60.7 Å². The summed E-state index contributed by atoms with van der Waals surface area (Å²) in [5.74, 6) is -0.0221. The standard InChI is InChI=1S/C20H19ClN2O2/c21-18-9-6-16(7-10-18)8-11-19(24)22-12-14-23(15-13-22)20(25)17-4-2-1-3-5-17/h1-11H,12-15H2. The Labute approximate surface area is 152 Å². The van der Waals surface area contributed by atoms with Gasteiger partial charge < -0.3 is 9.80 Å². The lowest BCUT2D eigenvalue weighted by molar-refractivity contribution is -0.127. The molecule has 2 aromatic carbocycles. The molecule has 0 radical (unpaired) electrons. The van der Waals surface area contributed by atoms with Crippen molar-refractivity contribution in [2.75, 3.05) is 26.2 Å². The fourth-order valence-electron chi connectivity index (χ4n) is 2.74. The fraction of sp³-hybridized carbons (Fsp3) is 0.200. The number of carbonyl (C=O) groups excluding carboxylic acids is 2. The van der Waals surface area contributed by atoms with E-state index >= 15 is 0 Å². The number of rotatable bonds is 3. The minimum Gasteiger partial charge on any atom is -0.336 e. The van der Waals surface area contributed by atoms with Gasteiger partial charge in [-0.25, -0.2) is 0 Å². The minimum atomic E-state index is -0.0400. The van der Waals surface area contributed by atoms with Crippen LogP contribution >= 0.6 is 11.6 Å². The molecular weight excluding hydrogens is 336 g/mol. The van der Waals surface area contributed by atoms with Gasteiger partial charge in [-0.3, -0.25) is 9.59 Å². The lowest BCUT2D eigenvalue weighted by Gasteiger charge is -2.34. The summed E-state index contributed by atoms with van der Waals surface area (Å²) in [4.78, 5) is 28.3. The van der Waals surface area contributed by atoms with Crippen molar-refractivity contribution in [3.05, 3.63) is 76.8 Å². The van der Waals surface area contributed by atoms with E-state index in [0.29, 0.717) is 36.8 Å². The number of carbonyl (C=O) groups is 2. The zero-order valence-electron chi connectivity index (χ0n) is 13.8. The Morgan fingerprint density at radius 2 is 1.44 bits per heavy atom. The molecule has 0 spiro atoms. The third-order valence-electron chi connectivity index (χ3n) is 4.19. The normalized spacial score (nSPS) is 14.8. The smallest absolute Gasteiger partial charge is 0.253 e. The van der Waals surface area contributed by atoms with Crippen molar-refractivity contribution >= 4 is 29.5 Å². The molecule has 0 saturated carbocycles. The first-order chi connectivity index (χ1) is 12.1. The average Bonchev–Trinajstić information content (AvgIpc) is 2.67. The van der Waals surface area contributed by atoms with Gasteiger partial charge in [0.05, 0.1) is 0 Å². The first kappa shape index (κ1) is 17.2. The number of amides is 2. The molecule has 1 aliphatic heterocycles. The van der Waals surface area contributed by atoms with Crippen molar-refractivity contribution in [3.8, 4) is 0 Å². The van der Waals surface area contributed by atoms with E-state index in [1.165, 1.54) is 0 Å². The average molecular weight is 355 g/mol. The van der Waals surface area contributed by atoms with E-state index in [4.69, 9.17) is 11.6 Å². The molecule has 0 unspecified atom stereocenters. The molecule has 1 aliphatic rings. The van der Waals surface area contributed by atoms with Gasteiger partial charge in [0.15, 0.2) is 0 Å². The summed E-state index contributed by atoms with van der Waals surface area (Å²) in [5.41, 5.74) is 1.61. The molecule has 128 valence electrons. The summed E-state index contributed by atoms with van der Waals surface area (Å²) in [6, 6.07) is 16.5. The summed E-state index contributed by atoms with van der Waals surface area (Å²) >= 11 is 5.85. The number of piperazine rings is 1. The molecule has 5 heteroatoms. The Kier molecular flexibility index (Phi) is 5.51. The van der Waals surface area contributed by atoms with E-state index in [1.54, 1.807) is 34.1 Å². The number of benzene rings is 2. The van der Waals surface area contributed by atoms with Crippen molar-refractivity contribution in [3.63, 3.8) is 0 Å². The van der Waals surface area contributed by atoms with Crippen LogP contribution in [0.4, 0.5) is 0 Å². The molecule has 1 saturated heterocycles. The topological polar surface area (TPSA) is 40.6 Å². The summed E-state index contributed by atoms with van der Waals surface area (Å²) < 4.78 is 0. The lowest BCUT2D eigenvalue weighted by Crippen LogP contribution is -2.50. The highest BCUT2D eigenvalue weighted by Gasteiger charge is 2.23. The monoisotopic (exact) mass is 354 g/mol. The first-order valence-corrected chi connectivity index (χ1v) is 8.58. The van der Waals surface area contributed by atoms with Gasteiger partial charge in [-0.05, 0) is 35.9 Å². The third kappa shape index (κ3) is 4.48. The van der Waals surface area contributed by atoms with Gasteiger partial charge in [0.1, 0.15) is 0 Å². The van der Waals surface area contributed by atoms with Crippen LogP contribution < -0.4 is 0 Å². The predicted molar refractivity (Wildman–Crippen MR) is 99.4 cm³/mol.